The Hall–Kier alpha value is -0.570. The highest BCUT2D eigenvalue weighted by molar-refractivity contribution is 5.63. The number of carbonyl (C=O) groups excluding carboxylic acids is 1. The van der Waals surface area contributed by atoms with Crippen molar-refractivity contribution in [2.45, 2.75) is 51.4 Å². The summed E-state index contributed by atoms with van der Waals surface area (Å²) in [5, 5.41) is 10.2. The predicted octanol–water partition coefficient (Wildman–Crippen LogP) is 1.56. The van der Waals surface area contributed by atoms with Crippen molar-refractivity contribution < 1.29 is 14.4 Å². The van der Waals surface area contributed by atoms with Gasteiger partial charge in [-0.2, -0.15) is 0 Å². The number of hydrogen-bond acceptors (Lipinski definition) is 2. The van der Waals surface area contributed by atoms with Crippen molar-refractivity contribution in [2.24, 2.45) is 0 Å². The van der Waals surface area contributed by atoms with Gasteiger partial charge in [0.15, 0.2) is 0 Å². The first-order chi connectivity index (χ1) is 7.42. The van der Waals surface area contributed by atoms with Gasteiger partial charge in [0.2, 0.25) is 0 Å². The molecule has 0 atom stereocenters. The molecule has 0 aliphatic rings. The average molecular weight is 229 g/mol. The molecule has 0 unspecified atom stereocenters. The molecule has 0 aromatic rings. The lowest BCUT2D eigenvalue weighted by Crippen LogP contribution is -2.35. The zero-order valence-corrected chi connectivity index (χ0v) is 11.1. The summed E-state index contributed by atoms with van der Waals surface area (Å²) < 4.78 is 1.05. The molecule has 0 bridgehead atoms. The van der Waals surface area contributed by atoms with E-state index in [2.05, 4.69) is 21.1 Å². The Morgan fingerprint density at radius 2 is 1.31 bits per heavy atom. The Kier molecular flexibility index (Phi) is 8.26. The fourth-order valence-electron chi connectivity index (χ4n) is 1.74. The number of carbonyl (C=O) groups is 1. The van der Waals surface area contributed by atoms with E-state index in [1.165, 1.54) is 32.2 Å². The Morgan fingerprint density at radius 1 is 0.875 bits per heavy atom. The number of quaternary nitrogens is 1. The van der Waals surface area contributed by atoms with Crippen LogP contribution in [0, 0.1) is 0 Å². The van der Waals surface area contributed by atoms with E-state index in [4.69, 9.17) is 0 Å². The molecule has 3 heteroatoms. The zero-order valence-electron chi connectivity index (χ0n) is 11.1. The highest BCUT2D eigenvalue weighted by Crippen LogP contribution is 2.09. The Labute approximate surface area is 100 Å². The Balaban J connectivity index is 3.07. The largest absolute Gasteiger partial charge is 0.550 e. The molecule has 16 heavy (non-hydrogen) atoms. The number of aliphatic carboxylic acids is 1. The van der Waals surface area contributed by atoms with E-state index in [-0.39, 0.29) is 6.42 Å². The lowest BCUT2D eigenvalue weighted by Gasteiger charge is -2.23. The third-order valence-electron chi connectivity index (χ3n) is 2.71. The van der Waals surface area contributed by atoms with Crippen LogP contribution >= 0.6 is 0 Å². The molecular formula is C13H27NO2. The smallest absolute Gasteiger partial charge is 0.0780 e. The molecule has 0 spiro atoms. The molecule has 0 radical (unpaired) electrons. The normalized spacial score (nSPS) is 11.7. The van der Waals surface area contributed by atoms with Gasteiger partial charge in [0.05, 0.1) is 27.7 Å². The maximum absolute atomic E-state index is 10.2. The van der Waals surface area contributed by atoms with Crippen LogP contribution in [0.2, 0.25) is 0 Å². The number of carboxylic acid groups (broad SMARTS) is 1. The van der Waals surface area contributed by atoms with E-state index in [9.17, 15) is 9.90 Å². The molecule has 0 saturated carbocycles. The first-order valence-electron chi connectivity index (χ1n) is 6.42. The van der Waals surface area contributed by atoms with Gasteiger partial charge in [-0.05, 0) is 25.7 Å². The third-order valence-corrected chi connectivity index (χ3v) is 2.71. The maximum Gasteiger partial charge on any atom is 0.0780 e. The second-order valence-corrected chi connectivity index (χ2v) is 5.61. The van der Waals surface area contributed by atoms with Crippen LogP contribution in [0.1, 0.15) is 51.4 Å². The first-order valence-corrected chi connectivity index (χ1v) is 6.42. The molecule has 0 N–H and O–H groups in total. The van der Waals surface area contributed by atoms with Crippen LogP contribution in [-0.2, 0) is 4.79 Å². The Morgan fingerprint density at radius 3 is 1.75 bits per heavy atom. The minimum Gasteiger partial charge on any atom is -0.550 e. The fourth-order valence-corrected chi connectivity index (χ4v) is 1.74. The van der Waals surface area contributed by atoms with Gasteiger partial charge < -0.3 is 14.4 Å². The van der Waals surface area contributed by atoms with E-state index in [0.717, 1.165) is 23.7 Å². The van der Waals surface area contributed by atoms with Crippen LogP contribution in [-0.4, -0.2) is 38.1 Å². The van der Waals surface area contributed by atoms with Crippen molar-refractivity contribution in [3.8, 4) is 0 Å². The molecule has 3 nitrogen and oxygen atoms in total. The average Bonchev–Trinajstić information content (AvgIpc) is 2.13. The summed E-state index contributed by atoms with van der Waals surface area (Å²) in [6.07, 6.45) is 8.32. The lowest BCUT2D eigenvalue weighted by molar-refractivity contribution is -0.870. The summed E-state index contributed by atoms with van der Waals surface area (Å²) in [4.78, 5) is 10.2. The van der Waals surface area contributed by atoms with Crippen molar-refractivity contribution in [1.82, 2.24) is 0 Å². The van der Waals surface area contributed by atoms with Crippen molar-refractivity contribution >= 4 is 5.97 Å². The highest BCUT2D eigenvalue weighted by atomic mass is 16.4. The minimum atomic E-state index is -0.914. The number of nitrogens with zero attached hydrogens (tertiary/aromatic N) is 1. The summed E-state index contributed by atoms with van der Waals surface area (Å²) in [5.74, 6) is -0.914. The van der Waals surface area contributed by atoms with Gasteiger partial charge in [-0.15, -0.1) is 0 Å². The van der Waals surface area contributed by atoms with E-state index >= 15 is 0 Å². The molecule has 0 fully saturated rings. The number of unbranched alkanes of at least 4 members (excludes halogenated alkanes) is 6. The van der Waals surface area contributed by atoms with E-state index in [1.807, 2.05) is 0 Å². The van der Waals surface area contributed by atoms with Crippen LogP contribution < -0.4 is 5.11 Å². The molecule has 0 heterocycles. The van der Waals surface area contributed by atoms with Crippen molar-refractivity contribution in [1.29, 1.82) is 0 Å². The second kappa shape index (κ2) is 8.57. The Bertz CT molecular complexity index is 185. The van der Waals surface area contributed by atoms with Gasteiger partial charge in [-0.25, -0.2) is 0 Å². The van der Waals surface area contributed by atoms with Crippen LogP contribution in [0.3, 0.4) is 0 Å². The van der Waals surface area contributed by atoms with Gasteiger partial charge in [-0.1, -0.05) is 25.7 Å². The topological polar surface area (TPSA) is 40.1 Å². The number of rotatable bonds is 10. The maximum atomic E-state index is 10.2. The molecule has 0 amide bonds. The zero-order chi connectivity index (χ0) is 12.4. The monoisotopic (exact) mass is 229 g/mol. The van der Waals surface area contributed by atoms with Crippen molar-refractivity contribution in [3.63, 3.8) is 0 Å². The van der Waals surface area contributed by atoms with E-state index in [0.29, 0.717) is 0 Å². The summed E-state index contributed by atoms with van der Waals surface area (Å²) >= 11 is 0. The van der Waals surface area contributed by atoms with Crippen molar-refractivity contribution in [3.05, 3.63) is 0 Å². The molecule has 96 valence electrons. The van der Waals surface area contributed by atoms with Gasteiger partial charge in [0, 0.05) is 5.97 Å². The third kappa shape index (κ3) is 13.4. The van der Waals surface area contributed by atoms with Gasteiger partial charge in [0.1, 0.15) is 0 Å². The molecule has 0 aromatic carbocycles. The van der Waals surface area contributed by atoms with Gasteiger partial charge in [-0.3, -0.25) is 0 Å². The number of hydrogen-bond donors (Lipinski definition) is 0. The van der Waals surface area contributed by atoms with Crippen molar-refractivity contribution in [2.75, 3.05) is 27.7 Å². The molecule has 0 rings (SSSR count). The fraction of sp³-hybridized carbons (Fsp3) is 0.923. The number of carboxylic acids is 1. The summed E-state index contributed by atoms with van der Waals surface area (Å²) in [6.45, 7) is 1.24. The van der Waals surface area contributed by atoms with E-state index < -0.39 is 5.97 Å². The summed E-state index contributed by atoms with van der Waals surface area (Å²) in [5.41, 5.74) is 0. The molecule has 0 aromatic heterocycles. The standard InChI is InChI=1S/C13H27NO2/c1-14(2,3)12-10-8-6-4-5-7-9-11-13(15)16/h4-12H2,1-3H3. The summed E-state index contributed by atoms with van der Waals surface area (Å²) in [6, 6.07) is 0. The second-order valence-electron chi connectivity index (χ2n) is 5.61. The summed E-state index contributed by atoms with van der Waals surface area (Å²) in [7, 11) is 6.67. The van der Waals surface area contributed by atoms with Gasteiger partial charge >= 0.3 is 0 Å². The van der Waals surface area contributed by atoms with E-state index in [1.54, 1.807) is 0 Å². The van der Waals surface area contributed by atoms with Crippen LogP contribution in [0.5, 0.6) is 0 Å². The molecule has 0 aliphatic heterocycles. The molecular weight excluding hydrogens is 202 g/mol. The van der Waals surface area contributed by atoms with Crippen LogP contribution in [0.4, 0.5) is 0 Å². The quantitative estimate of drug-likeness (QED) is 0.421. The SMILES string of the molecule is C[N+](C)(C)CCCCCCCCCC(=O)[O-]. The van der Waals surface area contributed by atoms with Crippen LogP contribution in [0.15, 0.2) is 0 Å². The highest BCUT2D eigenvalue weighted by Gasteiger charge is 2.04. The van der Waals surface area contributed by atoms with Gasteiger partial charge in [0.25, 0.3) is 0 Å². The molecule has 0 aliphatic carbocycles. The van der Waals surface area contributed by atoms with Crippen LogP contribution in [0.25, 0.3) is 0 Å². The first kappa shape index (κ1) is 15.4. The lowest BCUT2D eigenvalue weighted by atomic mass is 10.1. The molecule has 0 saturated heterocycles. The predicted molar refractivity (Wildman–Crippen MR) is 64.8 cm³/mol. The minimum absolute atomic E-state index is 0.224.